The lowest BCUT2D eigenvalue weighted by Gasteiger charge is -2.16. The topological polar surface area (TPSA) is 47.3 Å². The minimum absolute atomic E-state index is 0.211. The summed E-state index contributed by atoms with van der Waals surface area (Å²) < 4.78 is 5.47. The Bertz CT molecular complexity index is 400. The molecule has 108 valence electrons. The summed E-state index contributed by atoms with van der Waals surface area (Å²) in [7, 11) is 1.74. The summed E-state index contributed by atoms with van der Waals surface area (Å²) in [5, 5.41) is 3.38. The van der Waals surface area contributed by atoms with Crippen molar-refractivity contribution in [2.45, 2.75) is 46.1 Å². The maximum Gasteiger partial charge on any atom is 0.122 e. The fraction of sp³-hybridized carbons (Fsp3) is 0.625. The quantitative estimate of drug-likeness (QED) is 0.744. The number of nitrogens with two attached hydrogens (primary N) is 1. The highest BCUT2D eigenvalue weighted by molar-refractivity contribution is 5.44. The van der Waals surface area contributed by atoms with Crippen LogP contribution < -0.4 is 15.8 Å². The van der Waals surface area contributed by atoms with Crippen LogP contribution in [0.15, 0.2) is 12.1 Å². The molecule has 1 unspecified atom stereocenters. The summed E-state index contributed by atoms with van der Waals surface area (Å²) in [6, 6.07) is 4.64. The minimum Gasteiger partial charge on any atom is -0.496 e. The van der Waals surface area contributed by atoms with E-state index in [4.69, 9.17) is 10.5 Å². The van der Waals surface area contributed by atoms with Gasteiger partial charge in [-0.3, -0.25) is 0 Å². The third-order valence-corrected chi connectivity index (χ3v) is 3.35. The molecule has 0 amide bonds. The Morgan fingerprint density at radius 1 is 1.26 bits per heavy atom. The van der Waals surface area contributed by atoms with Crippen molar-refractivity contribution in [2.24, 2.45) is 5.73 Å². The highest BCUT2D eigenvalue weighted by atomic mass is 16.5. The number of rotatable bonds is 7. The van der Waals surface area contributed by atoms with Gasteiger partial charge in [-0.05, 0) is 55.5 Å². The molecule has 0 bridgehead atoms. The molecular weight excluding hydrogens is 236 g/mol. The zero-order valence-electron chi connectivity index (χ0n) is 12.9. The van der Waals surface area contributed by atoms with Gasteiger partial charge in [0.2, 0.25) is 0 Å². The number of methoxy groups -OCH3 is 1. The van der Waals surface area contributed by atoms with Crippen LogP contribution in [0, 0.1) is 6.92 Å². The van der Waals surface area contributed by atoms with Crippen molar-refractivity contribution in [3.63, 3.8) is 0 Å². The number of benzene rings is 1. The van der Waals surface area contributed by atoms with E-state index in [2.05, 4.69) is 38.2 Å². The number of nitrogens with one attached hydrogen (secondary N) is 1. The van der Waals surface area contributed by atoms with Gasteiger partial charge in [-0.25, -0.2) is 0 Å². The summed E-state index contributed by atoms with van der Waals surface area (Å²) in [5.41, 5.74) is 9.70. The molecule has 3 N–H and O–H groups in total. The smallest absolute Gasteiger partial charge is 0.122 e. The number of hydrogen-bond acceptors (Lipinski definition) is 3. The van der Waals surface area contributed by atoms with Gasteiger partial charge in [0.05, 0.1) is 7.11 Å². The molecule has 0 aliphatic carbocycles. The molecule has 1 rings (SSSR count). The van der Waals surface area contributed by atoms with Gasteiger partial charge < -0.3 is 15.8 Å². The van der Waals surface area contributed by atoms with Crippen LogP contribution in [0.25, 0.3) is 0 Å². The molecule has 0 aliphatic heterocycles. The van der Waals surface area contributed by atoms with Crippen LogP contribution in [-0.4, -0.2) is 26.2 Å². The fourth-order valence-corrected chi connectivity index (χ4v) is 2.20. The fourth-order valence-electron chi connectivity index (χ4n) is 2.20. The van der Waals surface area contributed by atoms with Crippen LogP contribution in [-0.2, 0) is 6.42 Å². The van der Waals surface area contributed by atoms with Crippen LogP contribution in [0.3, 0.4) is 0 Å². The van der Waals surface area contributed by atoms with Gasteiger partial charge in [0.1, 0.15) is 5.75 Å². The van der Waals surface area contributed by atoms with E-state index in [1.54, 1.807) is 7.11 Å². The first kappa shape index (κ1) is 16.0. The normalized spacial score (nSPS) is 12.8. The molecule has 0 saturated heterocycles. The first-order valence-corrected chi connectivity index (χ1v) is 7.09. The molecule has 3 heteroatoms. The van der Waals surface area contributed by atoms with Crippen molar-refractivity contribution >= 4 is 0 Å². The van der Waals surface area contributed by atoms with Gasteiger partial charge in [-0.1, -0.05) is 19.9 Å². The van der Waals surface area contributed by atoms with Crippen LogP contribution in [0.4, 0.5) is 0 Å². The van der Waals surface area contributed by atoms with E-state index in [0.29, 0.717) is 5.92 Å². The van der Waals surface area contributed by atoms with E-state index >= 15 is 0 Å². The maximum absolute atomic E-state index is 5.72. The summed E-state index contributed by atoms with van der Waals surface area (Å²) in [6.07, 6.45) is 1.03. The molecule has 0 heterocycles. The monoisotopic (exact) mass is 264 g/mol. The van der Waals surface area contributed by atoms with Crippen molar-refractivity contribution in [3.05, 3.63) is 28.8 Å². The highest BCUT2D eigenvalue weighted by Gasteiger charge is 2.10. The Hall–Kier alpha value is -1.06. The second-order valence-corrected chi connectivity index (χ2v) is 5.61. The molecule has 0 saturated carbocycles. The molecule has 3 nitrogen and oxygen atoms in total. The van der Waals surface area contributed by atoms with E-state index in [9.17, 15) is 0 Å². The van der Waals surface area contributed by atoms with Crippen LogP contribution in [0.2, 0.25) is 0 Å². The predicted octanol–water partition coefficient (Wildman–Crippen LogP) is 2.61. The Morgan fingerprint density at radius 3 is 2.47 bits per heavy atom. The van der Waals surface area contributed by atoms with Crippen molar-refractivity contribution in [1.82, 2.24) is 5.32 Å². The Kier molecular flexibility index (Phi) is 6.32. The van der Waals surface area contributed by atoms with Gasteiger partial charge in [-0.15, -0.1) is 0 Å². The molecule has 0 aliphatic rings. The van der Waals surface area contributed by atoms with Crippen molar-refractivity contribution in [2.75, 3.05) is 20.2 Å². The largest absolute Gasteiger partial charge is 0.496 e. The summed E-state index contributed by atoms with van der Waals surface area (Å²) >= 11 is 0. The first-order valence-electron chi connectivity index (χ1n) is 7.09. The Balaban J connectivity index is 2.75. The number of hydrogen-bond donors (Lipinski definition) is 2. The summed E-state index contributed by atoms with van der Waals surface area (Å²) in [5.74, 6) is 1.48. The van der Waals surface area contributed by atoms with E-state index in [1.165, 1.54) is 16.7 Å². The van der Waals surface area contributed by atoms with Crippen molar-refractivity contribution in [1.29, 1.82) is 0 Å². The number of ether oxygens (including phenoxy) is 1. The van der Waals surface area contributed by atoms with Crippen LogP contribution in [0.1, 0.15) is 43.4 Å². The van der Waals surface area contributed by atoms with E-state index in [1.807, 2.05) is 6.92 Å². The van der Waals surface area contributed by atoms with Crippen LogP contribution >= 0.6 is 0 Å². The standard InChI is InChI=1S/C16H28N2O/c1-11(2)15-9-14(6-7-18-10-13(4)17)12(3)8-16(15)19-5/h8-9,11,13,18H,6-7,10,17H2,1-5H3. The molecule has 1 aromatic rings. The molecule has 0 fully saturated rings. The molecule has 0 aromatic heterocycles. The van der Waals surface area contributed by atoms with E-state index < -0.39 is 0 Å². The summed E-state index contributed by atoms with van der Waals surface area (Å²) in [6.45, 7) is 10.4. The van der Waals surface area contributed by atoms with Gasteiger partial charge in [0.25, 0.3) is 0 Å². The number of aryl methyl sites for hydroxylation is 1. The minimum atomic E-state index is 0.211. The lowest BCUT2D eigenvalue weighted by molar-refractivity contribution is 0.407. The van der Waals surface area contributed by atoms with Crippen molar-refractivity contribution < 1.29 is 4.74 Å². The van der Waals surface area contributed by atoms with Crippen molar-refractivity contribution in [3.8, 4) is 5.75 Å². The van der Waals surface area contributed by atoms with E-state index in [-0.39, 0.29) is 6.04 Å². The molecule has 1 aromatic carbocycles. The zero-order chi connectivity index (χ0) is 14.4. The van der Waals surface area contributed by atoms with E-state index in [0.717, 1.165) is 25.3 Å². The summed E-state index contributed by atoms with van der Waals surface area (Å²) in [4.78, 5) is 0. The average molecular weight is 264 g/mol. The second-order valence-electron chi connectivity index (χ2n) is 5.61. The molecule has 1 atom stereocenters. The highest BCUT2D eigenvalue weighted by Crippen LogP contribution is 2.29. The lowest BCUT2D eigenvalue weighted by Crippen LogP contribution is -2.32. The predicted molar refractivity (Wildman–Crippen MR) is 82.0 cm³/mol. The average Bonchev–Trinajstić information content (AvgIpc) is 2.34. The van der Waals surface area contributed by atoms with Gasteiger partial charge >= 0.3 is 0 Å². The Morgan fingerprint density at radius 2 is 1.95 bits per heavy atom. The molecule has 0 spiro atoms. The third kappa shape index (κ3) is 4.84. The molecular formula is C16H28N2O. The van der Waals surface area contributed by atoms with Gasteiger partial charge in [0.15, 0.2) is 0 Å². The zero-order valence-corrected chi connectivity index (χ0v) is 12.9. The second kappa shape index (κ2) is 7.51. The van der Waals surface area contributed by atoms with Crippen LogP contribution in [0.5, 0.6) is 5.75 Å². The lowest BCUT2D eigenvalue weighted by atomic mass is 9.95. The third-order valence-electron chi connectivity index (χ3n) is 3.35. The first-order chi connectivity index (χ1) is 8.95. The van der Waals surface area contributed by atoms with Gasteiger partial charge in [-0.2, -0.15) is 0 Å². The SMILES string of the molecule is COc1cc(C)c(CCNCC(C)N)cc1C(C)C. The molecule has 0 radical (unpaired) electrons. The Labute approximate surface area is 117 Å². The van der Waals surface area contributed by atoms with Gasteiger partial charge in [0, 0.05) is 12.6 Å². The maximum atomic E-state index is 5.72. The molecule has 19 heavy (non-hydrogen) atoms.